The standard InChI is InChI=1S/C33H45FN4O6/c1-24(26-8-3-2-4-9-26)36-30(40)29(39)28(10-5-6-17-35-31(41)37-18-20-44-21-19-37)38(32(42)43)23-33(15-7-16-33)22-25-11-13-27(34)14-12-25/h2-4,8-9,11-14,24,28-29,39H,5-7,10,15-23H2,1H3,(H,35,41)(H,36,40)(H,42,43)/t24-,28+,29?/m1/s1. The molecule has 4 amide bonds. The number of halogens is 1. The molecule has 44 heavy (non-hydrogen) atoms. The molecule has 2 aromatic rings. The van der Waals surface area contributed by atoms with Gasteiger partial charge in [-0.1, -0.05) is 48.9 Å². The molecule has 1 saturated carbocycles. The van der Waals surface area contributed by atoms with Crippen molar-refractivity contribution in [1.29, 1.82) is 0 Å². The number of ether oxygens (including phenoxy) is 1. The number of amides is 4. The van der Waals surface area contributed by atoms with Crippen LogP contribution in [0.4, 0.5) is 14.0 Å². The van der Waals surface area contributed by atoms with E-state index in [1.54, 1.807) is 17.0 Å². The smallest absolute Gasteiger partial charge is 0.407 e. The molecule has 4 N–H and O–H groups in total. The first-order valence-corrected chi connectivity index (χ1v) is 15.6. The monoisotopic (exact) mass is 612 g/mol. The first kappa shape index (κ1) is 33.2. The summed E-state index contributed by atoms with van der Waals surface area (Å²) in [7, 11) is 0. The van der Waals surface area contributed by atoms with E-state index in [1.165, 1.54) is 17.0 Å². The van der Waals surface area contributed by atoms with Crippen molar-refractivity contribution < 1.29 is 33.7 Å². The van der Waals surface area contributed by atoms with Gasteiger partial charge in [0.2, 0.25) is 0 Å². The second-order valence-corrected chi connectivity index (χ2v) is 12.0. The van der Waals surface area contributed by atoms with Gasteiger partial charge in [-0.15, -0.1) is 0 Å². The highest BCUT2D eigenvalue weighted by atomic mass is 19.1. The predicted octanol–water partition coefficient (Wildman–Crippen LogP) is 4.34. The van der Waals surface area contributed by atoms with Gasteiger partial charge in [-0.3, -0.25) is 4.79 Å². The molecule has 0 aromatic heterocycles. The Morgan fingerprint density at radius 3 is 2.34 bits per heavy atom. The number of morpholine rings is 1. The third kappa shape index (κ3) is 9.15. The van der Waals surface area contributed by atoms with Crippen LogP contribution in [0.25, 0.3) is 0 Å². The molecule has 1 unspecified atom stereocenters. The van der Waals surface area contributed by atoms with Gasteiger partial charge in [0.1, 0.15) is 5.82 Å². The maximum atomic E-state index is 13.5. The van der Waals surface area contributed by atoms with Crippen LogP contribution in [-0.2, 0) is 16.0 Å². The first-order valence-electron chi connectivity index (χ1n) is 15.6. The minimum Gasteiger partial charge on any atom is -0.465 e. The molecular formula is C33H45FN4O6. The SMILES string of the molecule is C[C@@H](NC(=O)C(O)[C@H](CCCCNC(=O)N1CCOCC1)N(CC1(Cc2ccc(F)cc2)CCC1)C(=O)O)c1ccccc1. The highest BCUT2D eigenvalue weighted by molar-refractivity contribution is 5.82. The number of hydrogen-bond donors (Lipinski definition) is 4. The number of nitrogens with zero attached hydrogens (tertiary/aromatic N) is 2. The van der Waals surface area contributed by atoms with Crippen LogP contribution in [0, 0.1) is 11.2 Å². The summed E-state index contributed by atoms with van der Waals surface area (Å²) < 4.78 is 18.8. The van der Waals surface area contributed by atoms with E-state index in [1.807, 2.05) is 37.3 Å². The minimum absolute atomic E-state index is 0.150. The van der Waals surface area contributed by atoms with Gasteiger partial charge in [0, 0.05) is 26.2 Å². The van der Waals surface area contributed by atoms with E-state index in [-0.39, 0.29) is 36.3 Å². The van der Waals surface area contributed by atoms with Crippen molar-refractivity contribution in [3.63, 3.8) is 0 Å². The predicted molar refractivity (Wildman–Crippen MR) is 164 cm³/mol. The van der Waals surface area contributed by atoms with E-state index in [0.717, 1.165) is 30.4 Å². The molecule has 2 aliphatic rings. The number of carboxylic acid groups (broad SMARTS) is 1. The van der Waals surface area contributed by atoms with Gasteiger partial charge >= 0.3 is 12.1 Å². The van der Waals surface area contributed by atoms with E-state index in [9.17, 15) is 29.0 Å². The number of urea groups is 1. The summed E-state index contributed by atoms with van der Waals surface area (Å²) in [6, 6.07) is 14.0. The fourth-order valence-electron chi connectivity index (χ4n) is 6.13. The molecular weight excluding hydrogens is 567 g/mol. The van der Waals surface area contributed by atoms with Gasteiger partial charge in [-0.25, -0.2) is 14.0 Å². The molecule has 1 aliphatic heterocycles. The zero-order valence-corrected chi connectivity index (χ0v) is 25.4. The lowest BCUT2D eigenvalue weighted by Crippen LogP contribution is -2.56. The third-order valence-corrected chi connectivity index (χ3v) is 8.85. The molecule has 1 aliphatic carbocycles. The van der Waals surface area contributed by atoms with Crippen molar-refractivity contribution in [2.24, 2.45) is 5.41 Å². The Hall–Kier alpha value is -3.70. The van der Waals surface area contributed by atoms with Crippen LogP contribution in [0.3, 0.4) is 0 Å². The largest absolute Gasteiger partial charge is 0.465 e. The molecule has 2 aromatic carbocycles. The lowest BCUT2D eigenvalue weighted by Gasteiger charge is -2.47. The topological polar surface area (TPSA) is 131 Å². The molecule has 11 heteroatoms. The number of hydrogen-bond acceptors (Lipinski definition) is 5. The average Bonchev–Trinajstić information content (AvgIpc) is 3.01. The van der Waals surface area contributed by atoms with Crippen LogP contribution >= 0.6 is 0 Å². The normalized spacial score (nSPS) is 17.9. The molecule has 0 bridgehead atoms. The number of rotatable bonds is 14. The third-order valence-electron chi connectivity index (χ3n) is 8.85. The fourth-order valence-corrected chi connectivity index (χ4v) is 6.13. The maximum Gasteiger partial charge on any atom is 0.407 e. The molecule has 4 rings (SSSR count). The zero-order chi connectivity index (χ0) is 31.5. The Labute approximate surface area is 258 Å². The number of carbonyl (C=O) groups excluding carboxylic acids is 2. The van der Waals surface area contributed by atoms with Gasteiger partial charge in [-0.2, -0.15) is 0 Å². The summed E-state index contributed by atoms with van der Waals surface area (Å²) in [5.74, 6) is -0.969. The van der Waals surface area contributed by atoms with E-state index in [0.29, 0.717) is 52.1 Å². The van der Waals surface area contributed by atoms with Crippen molar-refractivity contribution >= 4 is 18.0 Å². The van der Waals surface area contributed by atoms with Crippen LogP contribution in [0.5, 0.6) is 0 Å². The molecule has 240 valence electrons. The van der Waals surface area contributed by atoms with Crippen LogP contribution < -0.4 is 10.6 Å². The van der Waals surface area contributed by atoms with Crippen molar-refractivity contribution in [2.45, 2.75) is 70.1 Å². The fraction of sp³-hybridized carbons (Fsp3) is 0.545. The Morgan fingerprint density at radius 2 is 1.73 bits per heavy atom. The van der Waals surface area contributed by atoms with Crippen LogP contribution in [0.2, 0.25) is 0 Å². The van der Waals surface area contributed by atoms with Crippen molar-refractivity contribution in [3.05, 3.63) is 71.5 Å². The average molecular weight is 613 g/mol. The van der Waals surface area contributed by atoms with E-state index >= 15 is 0 Å². The molecule has 0 spiro atoms. The Balaban J connectivity index is 1.44. The maximum absolute atomic E-state index is 13.5. The van der Waals surface area contributed by atoms with Gasteiger partial charge < -0.3 is 35.4 Å². The molecule has 3 atom stereocenters. The van der Waals surface area contributed by atoms with Crippen LogP contribution in [-0.4, -0.2) is 89.6 Å². The zero-order valence-electron chi connectivity index (χ0n) is 25.4. The van der Waals surface area contributed by atoms with Crippen molar-refractivity contribution in [2.75, 3.05) is 39.4 Å². The van der Waals surface area contributed by atoms with Crippen molar-refractivity contribution in [1.82, 2.24) is 20.4 Å². The van der Waals surface area contributed by atoms with E-state index in [2.05, 4.69) is 10.6 Å². The Morgan fingerprint density at radius 1 is 1.05 bits per heavy atom. The summed E-state index contributed by atoms with van der Waals surface area (Å²) in [4.78, 5) is 41.4. The number of unbranched alkanes of at least 4 members (excludes halogenated alkanes) is 1. The summed E-state index contributed by atoms with van der Waals surface area (Å²) in [5, 5.41) is 27.5. The first-order chi connectivity index (χ1) is 21.2. The number of aliphatic hydroxyl groups is 1. The lowest BCUT2D eigenvalue weighted by atomic mass is 9.65. The minimum atomic E-state index is -1.59. The molecule has 10 nitrogen and oxygen atoms in total. The summed E-state index contributed by atoms with van der Waals surface area (Å²) in [6.45, 7) is 4.42. The van der Waals surface area contributed by atoms with Gasteiger partial charge in [0.05, 0.1) is 25.3 Å². The van der Waals surface area contributed by atoms with Crippen LogP contribution in [0.1, 0.15) is 62.6 Å². The molecule has 1 saturated heterocycles. The molecule has 0 radical (unpaired) electrons. The second kappa shape index (κ2) is 15.9. The Kier molecular flexibility index (Phi) is 12.0. The highest BCUT2D eigenvalue weighted by Gasteiger charge is 2.43. The van der Waals surface area contributed by atoms with E-state index < -0.39 is 24.1 Å². The summed E-state index contributed by atoms with van der Waals surface area (Å²) in [6.07, 6.45) is 1.58. The molecule has 1 heterocycles. The summed E-state index contributed by atoms with van der Waals surface area (Å²) in [5.41, 5.74) is 1.41. The summed E-state index contributed by atoms with van der Waals surface area (Å²) >= 11 is 0. The number of nitrogens with one attached hydrogen (secondary N) is 2. The lowest BCUT2D eigenvalue weighted by molar-refractivity contribution is -0.134. The van der Waals surface area contributed by atoms with E-state index in [4.69, 9.17) is 4.74 Å². The molecule has 2 fully saturated rings. The highest BCUT2D eigenvalue weighted by Crippen LogP contribution is 2.45. The van der Waals surface area contributed by atoms with Gasteiger partial charge in [-0.05, 0) is 74.1 Å². The quantitative estimate of drug-likeness (QED) is 0.235. The second-order valence-electron chi connectivity index (χ2n) is 12.0. The van der Waals surface area contributed by atoms with Gasteiger partial charge in [0.15, 0.2) is 6.10 Å². The van der Waals surface area contributed by atoms with Crippen LogP contribution in [0.15, 0.2) is 54.6 Å². The van der Waals surface area contributed by atoms with Gasteiger partial charge in [0.25, 0.3) is 5.91 Å². The van der Waals surface area contributed by atoms with Crippen molar-refractivity contribution in [3.8, 4) is 0 Å². The number of benzene rings is 2. The number of carbonyl (C=O) groups is 3. The number of aliphatic hydroxyl groups excluding tert-OH is 1. The Bertz CT molecular complexity index is 1220.